The molecule has 39 heavy (non-hydrogen) atoms. The van der Waals surface area contributed by atoms with Crippen LogP contribution >= 0.6 is 11.6 Å². The molecule has 2 aromatic carbocycles. The number of hydrogen-bond acceptors (Lipinski definition) is 3. The number of carbonyl (C=O) groups excluding carboxylic acids is 2. The van der Waals surface area contributed by atoms with E-state index in [2.05, 4.69) is 36.7 Å². The van der Waals surface area contributed by atoms with Gasteiger partial charge in [0.2, 0.25) is 12.3 Å². The van der Waals surface area contributed by atoms with Crippen molar-refractivity contribution < 1.29 is 18.4 Å². The summed E-state index contributed by atoms with van der Waals surface area (Å²) in [5.41, 5.74) is 0.795. The molecular weight excluding hydrogens is 520 g/mol. The van der Waals surface area contributed by atoms with Crippen molar-refractivity contribution in [2.75, 3.05) is 11.9 Å². The van der Waals surface area contributed by atoms with Crippen molar-refractivity contribution in [3.05, 3.63) is 64.7 Å². The lowest BCUT2D eigenvalue weighted by atomic mass is 9.78. The zero-order valence-electron chi connectivity index (χ0n) is 23.8. The molecule has 2 aromatic rings. The first-order valence-corrected chi connectivity index (χ1v) is 14.4. The summed E-state index contributed by atoms with van der Waals surface area (Å²) in [6.07, 6.45) is 7.83. The summed E-state index contributed by atoms with van der Waals surface area (Å²) in [6.45, 7) is 10.8. The standard InChI is InChI=1S/C22H25ClF2N2O.C7H13NO.C2H6/c1-22(2,3)11-18-19(21(28)27-14-7-4-6-13(24)10-14)16(12-26-18)15-8-5-9-17(23)20(15)25;9-6-8-7-4-2-1-3-5-7;1-2/h4-10,16,18-19,26H,11-12H2,1-3H3,(H,27,28);6-7H,1-5H2,(H,8,9);1-2H3. The molecule has 4 rings (SSSR count). The molecule has 2 aliphatic rings. The molecule has 5 nitrogen and oxygen atoms in total. The molecule has 1 saturated carbocycles. The maximum atomic E-state index is 14.7. The summed E-state index contributed by atoms with van der Waals surface area (Å²) < 4.78 is 28.2. The number of anilines is 1. The van der Waals surface area contributed by atoms with Crippen molar-refractivity contribution in [3.8, 4) is 0 Å². The quantitative estimate of drug-likeness (QED) is 0.319. The second-order valence-electron chi connectivity index (χ2n) is 11.2. The highest BCUT2D eigenvalue weighted by Crippen LogP contribution is 2.39. The molecular formula is C31H44ClF2N3O2. The van der Waals surface area contributed by atoms with E-state index in [1.165, 1.54) is 50.3 Å². The van der Waals surface area contributed by atoms with Gasteiger partial charge in [-0.05, 0) is 54.5 Å². The Labute approximate surface area is 237 Å². The van der Waals surface area contributed by atoms with Gasteiger partial charge in [0.25, 0.3) is 0 Å². The summed E-state index contributed by atoms with van der Waals surface area (Å²) in [4.78, 5) is 23.1. The van der Waals surface area contributed by atoms with Crippen LogP contribution in [0.25, 0.3) is 0 Å². The summed E-state index contributed by atoms with van der Waals surface area (Å²) in [5, 5.41) is 9.04. The van der Waals surface area contributed by atoms with Gasteiger partial charge in [-0.25, -0.2) is 8.78 Å². The first kappa shape index (κ1) is 32.7. The van der Waals surface area contributed by atoms with Crippen molar-refractivity contribution >= 4 is 29.6 Å². The van der Waals surface area contributed by atoms with Gasteiger partial charge in [0.05, 0.1) is 10.9 Å². The summed E-state index contributed by atoms with van der Waals surface area (Å²) in [5.74, 6) is -2.04. The van der Waals surface area contributed by atoms with Crippen LogP contribution in [0.3, 0.4) is 0 Å². The lowest BCUT2D eigenvalue weighted by Crippen LogP contribution is -2.38. The molecule has 1 aliphatic heterocycles. The second kappa shape index (κ2) is 15.9. The maximum Gasteiger partial charge on any atom is 0.229 e. The molecule has 1 saturated heterocycles. The number of halogens is 3. The Morgan fingerprint density at radius 2 is 1.74 bits per heavy atom. The highest BCUT2D eigenvalue weighted by Gasteiger charge is 2.44. The highest BCUT2D eigenvalue weighted by molar-refractivity contribution is 6.30. The summed E-state index contributed by atoms with van der Waals surface area (Å²) in [7, 11) is 0. The minimum absolute atomic E-state index is 0.0170. The number of carbonyl (C=O) groups is 2. The first-order valence-electron chi connectivity index (χ1n) is 14.0. The van der Waals surface area contributed by atoms with Crippen molar-refractivity contribution in [3.63, 3.8) is 0 Å². The van der Waals surface area contributed by atoms with Crippen LogP contribution in [0.1, 0.15) is 84.6 Å². The van der Waals surface area contributed by atoms with Gasteiger partial charge in [0.15, 0.2) is 0 Å². The lowest BCUT2D eigenvalue weighted by Gasteiger charge is -2.29. The summed E-state index contributed by atoms with van der Waals surface area (Å²) >= 11 is 5.97. The van der Waals surface area contributed by atoms with Crippen LogP contribution in [-0.4, -0.2) is 30.9 Å². The Balaban J connectivity index is 0.000000407. The molecule has 3 N–H and O–H groups in total. The minimum atomic E-state index is -0.504. The molecule has 0 radical (unpaired) electrons. The van der Waals surface area contributed by atoms with Gasteiger partial charge in [-0.2, -0.15) is 0 Å². The van der Waals surface area contributed by atoms with Crippen LogP contribution in [0.2, 0.25) is 5.02 Å². The van der Waals surface area contributed by atoms with E-state index in [9.17, 15) is 18.4 Å². The van der Waals surface area contributed by atoms with Gasteiger partial charge in [-0.3, -0.25) is 9.59 Å². The predicted molar refractivity (Wildman–Crippen MR) is 156 cm³/mol. The van der Waals surface area contributed by atoms with E-state index >= 15 is 0 Å². The summed E-state index contributed by atoms with van der Waals surface area (Å²) in [6, 6.07) is 11.0. The van der Waals surface area contributed by atoms with Crippen molar-refractivity contribution in [1.82, 2.24) is 10.6 Å². The average molecular weight is 564 g/mol. The first-order chi connectivity index (χ1) is 18.6. The normalized spacial score (nSPS) is 21.1. The van der Waals surface area contributed by atoms with E-state index in [-0.39, 0.29) is 28.3 Å². The Morgan fingerprint density at radius 1 is 1.08 bits per heavy atom. The molecule has 1 aliphatic carbocycles. The minimum Gasteiger partial charge on any atom is -0.356 e. The predicted octanol–water partition coefficient (Wildman–Crippen LogP) is 7.46. The highest BCUT2D eigenvalue weighted by atomic mass is 35.5. The average Bonchev–Trinajstić information content (AvgIpc) is 3.30. The van der Waals surface area contributed by atoms with Crippen LogP contribution in [0.15, 0.2) is 42.5 Å². The zero-order valence-corrected chi connectivity index (χ0v) is 24.6. The second-order valence-corrected chi connectivity index (χ2v) is 11.6. The van der Waals surface area contributed by atoms with Gasteiger partial charge >= 0.3 is 0 Å². The third-order valence-electron chi connectivity index (χ3n) is 6.98. The van der Waals surface area contributed by atoms with Crippen molar-refractivity contribution in [2.24, 2.45) is 11.3 Å². The Kier molecular flexibility index (Phi) is 13.4. The molecule has 2 amide bonds. The van der Waals surface area contributed by atoms with Crippen molar-refractivity contribution in [2.45, 2.75) is 91.1 Å². The smallest absolute Gasteiger partial charge is 0.229 e. The van der Waals surface area contributed by atoms with Gasteiger partial charge in [-0.1, -0.05) is 83.7 Å². The van der Waals surface area contributed by atoms with Crippen LogP contribution in [0.5, 0.6) is 0 Å². The fraction of sp³-hybridized carbons (Fsp3) is 0.548. The fourth-order valence-corrected chi connectivity index (χ4v) is 5.49. The zero-order chi connectivity index (χ0) is 29.0. The Morgan fingerprint density at radius 3 is 2.36 bits per heavy atom. The van der Waals surface area contributed by atoms with E-state index in [0.29, 0.717) is 23.8 Å². The fourth-order valence-electron chi connectivity index (χ4n) is 5.30. The number of amides is 2. The SMILES string of the molecule is CC.CC(C)(C)CC1NCC(c2cccc(Cl)c2F)C1C(=O)Nc1cccc(F)c1.O=CNC1CCCCC1. The largest absolute Gasteiger partial charge is 0.356 e. The van der Waals surface area contributed by atoms with Crippen molar-refractivity contribution in [1.29, 1.82) is 0 Å². The third-order valence-corrected chi connectivity index (χ3v) is 7.28. The van der Waals surface area contributed by atoms with Gasteiger partial charge in [-0.15, -0.1) is 0 Å². The third kappa shape index (κ3) is 10.2. The topological polar surface area (TPSA) is 70.2 Å². The molecule has 3 atom stereocenters. The molecule has 0 spiro atoms. The number of benzene rings is 2. The maximum absolute atomic E-state index is 14.7. The van der Waals surface area contributed by atoms with Crippen LogP contribution in [0, 0.1) is 23.0 Å². The van der Waals surface area contributed by atoms with Gasteiger partial charge in [0, 0.05) is 30.2 Å². The molecule has 8 heteroatoms. The Bertz CT molecular complexity index is 1050. The van der Waals surface area contributed by atoms with Crippen LogP contribution in [0.4, 0.5) is 14.5 Å². The molecule has 3 unspecified atom stereocenters. The van der Waals surface area contributed by atoms with E-state index in [0.717, 1.165) is 12.8 Å². The number of nitrogens with one attached hydrogen (secondary N) is 3. The van der Waals surface area contributed by atoms with E-state index in [1.807, 2.05) is 13.8 Å². The number of hydrogen-bond donors (Lipinski definition) is 3. The lowest BCUT2D eigenvalue weighted by molar-refractivity contribution is -0.120. The van der Waals surface area contributed by atoms with Crippen LogP contribution in [-0.2, 0) is 9.59 Å². The molecule has 1 heterocycles. The van der Waals surface area contributed by atoms with E-state index in [4.69, 9.17) is 11.6 Å². The molecule has 0 bridgehead atoms. The number of rotatable bonds is 6. The van der Waals surface area contributed by atoms with Gasteiger partial charge in [0.1, 0.15) is 11.6 Å². The van der Waals surface area contributed by atoms with E-state index < -0.39 is 17.6 Å². The monoisotopic (exact) mass is 563 g/mol. The van der Waals surface area contributed by atoms with E-state index in [1.54, 1.807) is 24.3 Å². The Hall–Kier alpha value is -2.51. The molecule has 216 valence electrons. The molecule has 0 aromatic heterocycles. The van der Waals surface area contributed by atoms with Gasteiger partial charge < -0.3 is 16.0 Å². The van der Waals surface area contributed by atoms with Crippen LogP contribution < -0.4 is 16.0 Å². The molecule has 2 fully saturated rings.